The first-order valence-corrected chi connectivity index (χ1v) is 9.53. The molecule has 0 atom stereocenters. The number of fused-ring (bicyclic) bond motifs is 1. The van der Waals surface area contributed by atoms with E-state index in [0.29, 0.717) is 17.4 Å². The van der Waals surface area contributed by atoms with Gasteiger partial charge in [0.1, 0.15) is 10.7 Å². The minimum Gasteiger partial charge on any atom is -0.451 e. The van der Waals surface area contributed by atoms with Crippen LogP contribution in [-0.4, -0.2) is 20.4 Å². The summed E-state index contributed by atoms with van der Waals surface area (Å²) in [6.07, 6.45) is 3.01. The number of hydrogen-bond donors (Lipinski definition) is 2. The maximum atomic E-state index is 12.4. The number of thiazole rings is 1. The molecule has 0 spiro atoms. The van der Waals surface area contributed by atoms with Gasteiger partial charge >= 0.3 is 0 Å². The summed E-state index contributed by atoms with van der Waals surface area (Å²) in [6, 6.07) is 1.50. The standard InChI is InChI=1S/C12H14BrN3O3S2/c1-14-6-7-5-10(11(13)19-7)21(17,18)16-12-15-8-3-2-4-9(8)20-12/h5,14H,2-4,6H2,1H3,(H,15,16). The van der Waals surface area contributed by atoms with E-state index in [-0.39, 0.29) is 9.56 Å². The van der Waals surface area contributed by atoms with Crippen LogP contribution < -0.4 is 10.0 Å². The van der Waals surface area contributed by atoms with Gasteiger partial charge in [-0.2, -0.15) is 0 Å². The Morgan fingerprint density at radius 2 is 2.29 bits per heavy atom. The summed E-state index contributed by atoms with van der Waals surface area (Å²) in [6.45, 7) is 0.458. The summed E-state index contributed by atoms with van der Waals surface area (Å²) in [5, 5.41) is 3.33. The fraction of sp³-hybridized carbons (Fsp3) is 0.417. The van der Waals surface area contributed by atoms with Crippen molar-refractivity contribution in [2.75, 3.05) is 11.8 Å². The Balaban J connectivity index is 1.86. The number of rotatable bonds is 5. The van der Waals surface area contributed by atoms with Crippen molar-refractivity contribution in [2.45, 2.75) is 30.7 Å². The van der Waals surface area contributed by atoms with Crippen LogP contribution in [-0.2, 0) is 29.4 Å². The Morgan fingerprint density at radius 3 is 3.00 bits per heavy atom. The second-order valence-corrected chi connectivity index (χ2v) is 8.18. The van der Waals surface area contributed by atoms with Crippen LogP contribution in [0.5, 0.6) is 0 Å². The maximum absolute atomic E-state index is 12.4. The number of aromatic nitrogens is 1. The van der Waals surface area contributed by atoms with Crippen LogP contribution in [0.15, 0.2) is 20.0 Å². The second-order valence-electron chi connectivity index (χ2n) is 4.73. The Bertz CT molecular complexity index is 745. The van der Waals surface area contributed by atoms with Crippen LogP contribution in [0.2, 0.25) is 0 Å². The zero-order valence-corrected chi connectivity index (χ0v) is 14.5. The third-order valence-corrected chi connectivity index (χ3v) is 6.56. The zero-order chi connectivity index (χ0) is 15.0. The van der Waals surface area contributed by atoms with E-state index in [2.05, 4.69) is 31.0 Å². The Kier molecular flexibility index (Phi) is 4.08. The number of nitrogens with one attached hydrogen (secondary N) is 2. The lowest BCUT2D eigenvalue weighted by atomic mass is 10.4. The number of hydrogen-bond acceptors (Lipinski definition) is 6. The molecule has 0 bridgehead atoms. The number of furan rings is 1. The summed E-state index contributed by atoms with van der Waals surface area (Å²) in [7, 11) is -1.94. The average molecular weight is 392 g/mol. The highest BCUT2D eigenvalue weighted by atomic mass is 79.9. The van der Waals surface area contributed by atoms with Crippen molar-refractivity contribution in [3.8, 4) is 0 Å². The minimum atomic E-state index is -3.70. The van der Waals surface area contributed by atoms with E-state index in [0.717, 1.165) is 25.0 Å². The van der Waals surface area contributed by atoms with Crippen molar-refractivity contribution in [3.63, 3.8) is 0 Å². The number of halogens is 1. The summed E-state index contributed by atoms with van der Waals surface area (Å²) >= 11 is 4.56. The molecule has 6 nitrogen and oxygen atoms in total. The highest BCUT2D eigenvalue weighted by molar-refractivity contribution is 9.10. The largest absolute Gasteiger partial charge is 0.451 e. The number of anilines is 1. The average Bonchev–Trinajstić information content (AvgIpc) is 3.04. The van der Waals surface area contributed by atoms with Crippen molar-refractivity contribution >= 4 is 42.4 Å². The molecule has 0 aromatic carbocycles. The molecule has 1 aliphatic rings. The molecular formula is C12H14BrN3O3S2. The van der Waals surface area contributed by atoms with Crippen molar-refractivity contribution in [1.82, 2.24) is 10.3 Å². The van der Waals surface area contributed by atoms with E-state index in [4.69, 9.17) is 4.42 Å². The van der Waals surface area contributed by atoms with Gasteiger partial charge in [0, 0.05) is 10.9 Å². The fourth-order valence-corrected chi connectivity index (χ4v) is 5.53. The summed E-state index contributed by atoms with van der Waals surface area (Å²) in [5.41, 5.74) is 1.01. The van der Waals surface area contributed by atoms with Crippen LogP contribution in [0, 0.1) is 0 Å². The molecule has 114 valence electrons. The van der Waals surface area contributed by atoms with E-state index in [1.54, 1.807) is 7.05 Å². The van der Waals surface area contributed by atoms with Gasteiger partial charge in [0.25, 0.3) is 10.0 Å². The molecule has 0 unspecified atom stereocenters. The number of sulfonamides is 1. The Hall–Kier alpha value is -0.900. The maximum Gasteiger partial charge on any atom is 0.268 e. The predicted molar refractivity (Wildman–Crippen MR) is 84.1 cm³/mol. The SMILES string of the molecule is CNCc1cc(S(=O)(=O)Nc2nc3c(s2)CCC3)c(Br)o1. The van der Waals surface area contributed by atoms with Gasteiger partial charge < -0.3 is 9.73 Å². The monoisotopic (exact) mass is 391 g/mol. The lowest BCUT2D eigenvalue weighted by Crippen LogP contribution is -2.12. The van der Waals surface area contributed by atoms with Gasteiger partial charge in [0.05, 0.1) is 12.2 Å². The van der Waals surface area contributed by atoms with Crippen molar-refractivity contribution in [1.29, 1.82) is 0 Å². The molecule has 21 heavy (non-hydrogen) atoms. The molecular weight excluding hydrogens is 378 g/mol. The quantitative estimate of drug-likeness (QED) is 0.817. The van der Waals surface area contributed by atoms with Gasteiger partial charge in [0.2, 0.25) is 0 Å². The first-order valence-electron chi connectivity index (χ1n) is 6.44. The summed E-state index contributed by atoms with van der Waals surface area (Å²) in [5.74, 6) is 0.548. The van der Waals surface area contributed by atoms with Crippen LogP contribution in [0.1, 0.15) is 22.8 Å². The highest BCUT2D eigenvalue weighted by Gasteiger charge is 2.25. The first-order chi connectivity index (χ1) is 9.99. The fourth-order valence-electron chi connectivity index (χ4n) is 2.25. The molecule has 0 saturated carbocycles. The molecule has 0 aliphatic heterocycles. The lowest BCUT2D eigenvalue weighted by Gasteiger charge is -2.02. The summed E-state index contributed by atoms with van der Waals surface area (Å²) in [4.78, 5) is 5.61. The number of nitrogens with zero attached hydrogens (tertiary/aromatic N) is 1. The smallest absolute Gasteiger partial charge is 0.268 e. The molecule has 2 N–H and O–H groups in total. The highest BCUT2D eigenvalue weighted by Crippen LogP contribution is 2.33. The van der Waals surface area contributed by atoms with Gasteiger partial charge in [-0.15, -0.1) is 11.3 Å². The molecule has 2 aromatic rings. The summed E-state index contributed by atoms with van der Waals surface area (Å²) < 4.78 is 32.9. The van der Waals surface area contributed by atoms with E-state index in [1.165, 1.54) is 22.3 Å². The Morgan fingerprint density at radius 1 is 1.48 bits per heavy atom. The van der Waals surface area contributed by atoms with Crippen LogP contribution >= 0.6 is 27.3 Å². The second kappa shape index (κ2) is 5.71. The third kappa shape index (κ3) is 3.01. The zero-order valence-electron chi connectivity index (χ0n) is 11.3. The molecule has 0 amide bonds. The van der Waals surface area contributed by atoms with Crippen LogP contribution in [0.3, 0.4) is 0 Å². The van der Waals surface area contributed by atoms with Crippen LogP contribution in [0.4, 0.5) is 5.13 Å². The molecule has 0 saturated heterocycles. The van der Waals surface area contributed by atoms with Gasteiger partial charge in [-0.3, -0.25) is 4.72 Å². The molecule has 0 fully saturated rings. The molecule has 2 aromatic heterocycles. The number of aryl methyl sites for hydroxylation is 2. The minimum absolute atomic E-state index is 0.0862. The molecule has 1 aliphatic carbocycles. The third-order valence-electron chi connectivity index (χ3n) is 3.16. The van der Waals surface area contributed by atoms with Crippen molar-refractivity contribution < 1.29 is 12.8 Å². The molecule has 2 heterocycles. The predicted octanol–water partition coefficient (Wildman–Crippen LogP) is 2.51. The van der Waals surface area contributed by atoms with Crippen molar-refractivity contribution in [3.05, 3.63) is 27.1 Å². The molecule has 9 heteroatoms. The van der Waals surface area contributed by atoms with Crippen molar-refractivity contribution in [2.24, 2.45) is 0 Å². The van der Waals surface area contributed by atoms with Gasteiger partial charge in [-0.25, -0.2) is 13.4 Å². The first kappa shape index (κ1) is 15.0. The van der Waals surface area contributed by atoms with Crippen LogP contribution in [0.25, 0.3) is 0 Å². The molecule has 0 radical (unpaired) electrons. The van der Waals surface area contributed by atoms with Gasteiger partial charge in [-0.1, -0.05) is 0 Å². The molecule has 3 rings (SSSR count). The van der Waals surface area contributed by atoms with E-state index < -0.39 is 10.0 Å². The van der Waals surface area contributed by atoms with Gasteiger partial charge in [0.15, 0.2) is 9.80 Å². The van der Waals surface area contributed by atoms with E-state index in [1.807, 2.05) is 0 Å². The Labute approximate surface area is 135 Å². The topological polar surface area (TPSA) is 84.2 Å². The lowest BCUT2D eigenvalue weighted by molar-refractivity contribution is 0.470. The van der Waals surface area contributed by atoms with Gasteiger partial charge in [-0.05, 0) is 42.2 Å². The van der Waals surface area contributed by atoms with E-state index >= 15 is 0 Å². The van der Waals surface area contributed by atoms with E-state index in [9.17, 15) is 8.42 Å². The normalized spacial score (nSPS) is 14.4.